The molecule has 20 heavy (non-hydrogen) atoms. The average molecular weight is 390 g/mol. The van der Waals surface area contributed by atoms with E-state index < -0.39 is 0 Å². The van der Waals surface area contributed by atoms with Crippen molar-refractivity contribution in [3.05, 3.63) is 29.3 Å². The van der Waals surface area contributed by atoms with Crippen LogP contribution in [-0.2, 0) is 4.79 Å². The Balaban J connectivity index is 0.00000361. The number of nitrogens with zero attached hydrogens (tertiary/aromatic N) is 2. The molecule has 0 saturated carbocycles. The SMILES string of the molecule is CCN(C)C(=O)CN=C(N)Nc1cc(C)cc(C)c1.I. The van der Waals surface area contributed by atoms with Gasteiger partial charge < -0.3 is 16.0 Å². The summed E-state index contributed by atoms with van der Waals surface area (Å²) in [5, 5.41) is 2.99. The molecule has 0 atom stereocenters. The van der Waals surface area contributed by atoms with E-state index in [2.05, 4.69) is 16.4 Å². The Hall–Kier alpha value is -1.31. The first kappa shape index (κ1) is 18.7. The standard InChI is InChI=1S/C14H22N4O.HI/c1-5-18(4)13(19)9-16-14(15)17-12-7-10(2)6-11(3)8-12;/h6-8H,5,9H2,1-4H3,(H3,15,16,17);1H. The molecule has 0 radical (unpaired) electrons. The zero-order valence-corrected chi connectivity index (χ0v) is 14.8. The molecular weight excluding hydrogens is 367 g/mol. The number of hydrogen-bond donors (Lipinski definition) is 2. The molecule has 0 aliphatic heterocycles. The molecule has 0 fully saturated rings. The second-order valence-electron chi connectivity index (χ2n) is 4.61. The first-order chi connectivity index (χ1) is 8.92. The molecule has 0 saturated heterocycles. The number of carbonyl (C=O) groups excluding carboxylic acids is 1. The van der Waals surface area contributed by atoms with Gasteiger partial charge in [-0.3, -0.25) is 4.79 Å². The number of aliphatic imine (C=N–C) groups is 1. The van der Waals surface area contributed by atoms with Gasteiger partial charge in [0, 0.05) is 19.3 Å². The van der Waals surface area contributed by atoms with Crippen molar-refractivity contribution in [1.82, 2.24) is 4.90 Å². The van der Waals surface area contributed by atoms with Crippen molar-refractivity contribution < 1.29 is 4.79 Å². The number of anilines is 1. The second-order valence-corrected chi connectivity index (χ2v) is 4.61. The van der Waals surface area contributed by atoms with E-state index in [-0.39, 0.29) is 42.4 Å². The van der Waals surface area contributed by atoms with Crippen molar-refractivity contribution in [1.29, 1.82) is 0 Å². The summed E-state index contributed by atoms with van der Waals surface area (Å²) in [5.41, 5.74) is 8.95. The zero-order chi connectivity index (χ0) is 14.4. The number of amides is 1. The lowest BCUT2D eigenvalue weighted by molar-refractivity contribution is -0.128. The molecule has 1 aromatic rings. The van der Waals surface area contributed by atoms with Gasteiger partial charge in [-0.1, -0.05) is 6.07 Å². The van der Waals surface area contributed by atoms with Crippen LogP contribution in [0.4, 0.5) is 5.69 Å². The van der Waals surface area contributed by atoms with E-state index in [9.17, 15) is 4.79 Å². The number of guanidine groups is 1. The summed E-state index contributed by atoms with van der Waals surface area (Å²) in [4.78, 5) is 17.2. The predicted octanol–water partition coefficient (Wildman–Crippen LogP) is 2.13. The average Bonchev–Trinajstić information content (AvgIpc) is 2.33. The third-order valence-electron chi connectivity index (χ3n) is 2.78. The maximum atomic E-state index is 11.6. The van der Waals surface area contributed by atoms with Crippen LogP contribution in [0.2, 0.25) is 0 Å². The van der Waals surface area contributed by atoms with Crippen LogP contribution < -0.4 is 11.1 Å². The highest BCUT2D eigenvalue weighted by Crippen LogP contribution is 2.13. The normalized spacial score (nSPS) is 10.7. The number of likely N-dealkylation sites (N-methyl/N-ethyl adjacent to an activating group) is 1. The van der Waals surface area contributed by atoms with Gasteiger partial charge in [0.25, 0.3) is 0 Å². The minimum Gasteiger partial charge on any atom is -0.370 e. The number of hydrogen-bond acceptors (Lipinski definition) is 2. The van der Waals surface area contributed by atoms with Crippen molar-refractivity contribution >= 4 is 41.5 Å². The number of rotatable bonds is 4. The van der Waals surface area contributed by atoms with Crippen molar-refractivity contribution in [3.8, 4) is 0 Å². The molecule has 1 aromatic carbocycles. The minimum absolute atomic E-state index is 0. The van der Waals surface area contributed by atoms with Gasteiger partial charge in [0.1, 0.15) is 6.54 Å². The predicted molar refractivity (Wildman–Crippen MR) is 94.8 cm³/mol. The quantitative estimate of drug-likeness (QED) is 0.470. The summed E-state index contributed by atoms with van der Waals surface area (Å²) in [7, 11) is 1.74. The van der Waals surface area contributed by atoms with Gasteiger partial charge in [0.2, 0.25) is 5.91 Å². The Morgan fingerprint density at radius 1 is 1.30 bits per heavy atom. The highest BCUT2D eigenvalue weighted by atomic mass is 127. The second kappa shape index (κ2) is 8.78. The molecule has 112 valence electrons. The Kier molecular flexibility index (Phi) is 8.21. The minimum atomic E-state index is -0.0485. The van der Waals surface area contributed by atoms with Crippen LogP contribution in [0, 0.1) is 13.8 Å². The number of halogens is 1. The number of carbonyl (C=O) groups is 1. The van der Waals surface area contributed by atoms with Crippen molar-refractivity contribution in [3.63, 3.8) is 0 Å². The Labute approximate surface area is 137 Å². The van der Waals surface area contributed by atoms with Crippen LogP contribution in [0.1, 0.15) is 18.1 Å². The summed E-state index contributed by atoms with van der Waals surface area (Å²) >= 11 is 0. The lowest BCUT2D eigenvalue weighted by Gasteiger charge is -2.13. The van der Waals surface area contributed by atoms with Crippen LogP contribution in [0.25, 0.3) is 0 Å². The molecule has 0 unspecified atom stereocenters. The molecule has 0 spiro atoms. The largest absolute Gasteiger partial charge is 0.370 e. The van der Waals surface area contributed by atoms with E-state index in [0.29, 0.717) is 6.54 Å². The van der Waals surface area contributed by atoms with E-state index in [4.69, 9.17) is 5.73 Å². The highest BCUT2D eigenvalue weighted by molar-refractivity contribution is 14.0. The molecule has 0 aliphatic carbocycles. The van der Waals surface area contributed by atoms with Crippen LogP contribution >= 0.6 is 24.0 Å². The summed E-state index contributed by atoms with van der Waals surface area (Å²) in [6.45, 7) is 6.68. The molecule has 3 N–H and O–H groups in total. The first-order valence-corrected chi connectivity index (χ1v) is 6.31. The van der Waals surface area contributed by atoms with Gasteiger partial charge >= 0.3 is 0 Å². The van der Waals surface area contributed by atoms with E-state index in [1.807, 2.05) is 32.9 Å². The lowest BCUT2D eigenvalue weighted by atomic mass is 10.1. The molecule has 0 bridgehead atoms. The van der Waals surface area contributed by atoms with Gasteiger partial charge in [-0.25, -0.2) is 4.99 Å². The topological polar surface area (TPSA) is 70.7 Å². The summed E-state index contributed by atoms with van der Waals surface area (Å²) < 4.78 is 0. The molecule has 6 heteroatoms. The third-order valence-corrected chi connectivity index (χ3v) is 2.78. The maximum Gasteiger partial charge on any atom is 0.244 e. The highest BCUT2D eigenvalue weighted by Gasteiger charge is 2.05. The summed E-state index contributed by atoms with van der Waals surface area (Å²) in [6.07, 6.45) is 0. The Morgan fingerprint density at radius 2 is 1.85 bits per heavy atom. The number of aryl methyl sites for hydroxylation is 2. The fraction of sp³-hybridized carbons (Fsp3) is 0.429. The fourth-order valence-electron chi connectivity index (χ4n) is 1.68. The van der Waals surface area contributed by atoms with Crippen LogP contribution in [0.5, 0.6) is 0 Å². The van der Waals surface area contributed by atoms with Gasteiger partial charge in [-0.05, 0) is 44.0 Å². The van der Waals surface area contributed by atoms with Crippen molar-refractivity contribution in [2.45, 2.75) is 20.8 Å². The molecule has 1 amide bonds. The molecule has 0 aromatic heterocycles. The first-order valence-electron chi connectivity index (χ1n) is 6.31. The summed E-state index contributed by atoms with van der Waals surface area (Å²) in [6, 6.07) is 6.04. The number of benzene rings is 1. The molecule has 0 heterocycles. The van der Waals surface area contributed by atoms with E-state index in [0.717, 1.165) is 16.8 Å². The third kappa shape index (κ3) is 6.23. The number of nitrogens with two attached hydrogens (primary N) is 1. The Morgan fingerprint density at radius 3 is 2.35 bits per heavy atom. The lowest BCUT2D eigenvalue weighted by Crippen LogP contribution is -2.30. The Bertz CT molecular complexity index is 468. The van der Waals surface area contributed by atoms with Gasteiger partial charge in [-0.2, -0.15) is 0 Å². The molecule has 5 nitrogen and oxygen atoms in total. The smallest absolute Gasteiger partial charge is 0.244 e. The molecule has 1 rings (SSSR count). The molecule has 0 aliphatic rings. The van der Waals surface area contributed by atoms with Crippen LogP contribution in [-0.4, -0.2) is 36.9 Å². The molecular formula is C14H23IN4O. The van der Waals surface area contributed by atoms with Gasteiger partial charge in [0.15, 0.2) is 5.96 Å². The van der Waals surface area contributed by atoms with Crippen LogP contribution in [0.15, 0.2) is 23.2 Å². The summed E-state index contributed by atoms with van der Waals surface area (Å²) in [5.74, 6) is 0.204. The maximum absolute atomic E-state index is 11.6. The van der Waals surface area contributed by atoms with Gasteiger partial charge in [0.05, 0.1) is 0 Å². The number of nitrogens with one attached hydrogen (secondary N) is 1. The van der Waals surface area contributed by atoms with Crippen LogP contribution in [0.3, 0.4) is 0 Å². The van der Waals surface area contributed by atoms with E-state index >= 15 is 0 Å². The van der Waals surface area contributed by atoms with E-state index in [1.54, 1.807) is 11.9 Å². The fourth-order valence-corrected chi connectivity index (χ4v) is 1.68. The zero-order valence-electron chi connectivity index (χ0n) is 12.4. The van der Waals surface area contributed by atoms with Crippen molar-refractivity contribution in [2.24, 2.45) is 10.7 Å². The van der Waals surface area contributed by atoms with Gasteiger partial charge in [-0.15, -0.1) is 24.0 Å². The van der Waals surface area contributed by atoms with Crippen molar-refractivity contribution in [2.75, 3.05) is 25.5 Å². The van der Waals surface area contributed by atoms with E-state index in [1.165, 1.54) is 0 Å². The monoisotopic (exact) mass is 390 g/mol.